The SMILES string of the molecule is COC(CC(C1CCCC(=O)C1)S(=O)(=O)c1ccccc1)(OC)OC. The predicted octanol–water partition coefficient (Wildman–Crippen LogP) is 2.57. The van der Waals surface area contributed by atoms with Crippen LogP contribution in [0.25, 0.3) is 0 Å². The van der Waals surface area contributed by atoms with E-state index in [2.05, 4.69) is 0 Å². The molecule has 0 aliphatic heterocycles. The topological polar surface area (TPSA) is 78.9 Å². The first-order valence-electron chi connectivity index (χ1n) is 8.34. The van der Waals surface area contributed by atoms with E-state index in [9.17, 15) is 13.2 Å². The molecule has 1 aromatic carbocycles. The minimum atomic E-state index is -3.68. The number of Topliss-reactive ketones (excluding diaryl/α,β-unsaturated/α-hetero) is 1. The molecule has 25 heavy (non-hydrogen) atoms. The van der Waals surface area contributed by atoms with Gasteiger partial charge in [0, 0.05) is 40.6 Å². The van der Waals surface area contributed by atoms with Crippen LogP contribution in [0.4, 0.5) is 0 Å². The lowest BCUT2D eigenvalue weighted by Gasteiger charge is -2.36. The molecule has 0 spiro atoms. The molecular formula is C18H26O6S. The van der Waals surface area contributed by atoms with Crippen molar-refractivity contribution in [2.24, 2.45) is 5.92 Å². The van der Waals surface area contributed by atoms with Gasteiger partial charge in [0.1, 0.15) is 5.78 Å². The molecule has 2 rings (SSSR count). The van der Waals surface area contributed by atoms with Gasteiger partial charge in [-0.05, 0) is 30.9 Å². The van der Waals surface area contributed by atoms with Gasteiger partial charge < -0.3 is 14.2 Å². The maximum Gasteiger partial charge on any atom is 0.283 e. The molecule has 0 saturated heterocycles. The normalized spacial score (nSPS) is 20.4. The van der Waals surface area contributed by atoms with Gasteiger partial charge >= 0.3 is 0 Å². The third-order valence-electron chi connectivity index (χ3n) is 4.90. The van der Waals surface area contributed by atoms with Crippen molar-refractivity contribution in [1.29, 1.82) is 0 Å². The van der Waals surface area contributed by atoms with E-state index in [1.165, 1.54) is 21.3 Å². The van der Waals surface area contributed by atoms with E-state index in [4.69, 9.17) is 14.2 Å². The van der Waals surface area contributed by atoms with Crippen molar-refractivity contribution in [2.75, 3.05) is 21.3 Å². The summed E-state index contributed by atoms with van der Waals surface area (Å²) in [5, 5.41) is -0.834. The predicted molar refractivity (Wildman–Crippen MR) is 92.8 cm³/mol. The van der Waals surface area contributed by atoms with E-state index in [0.717, 1.165) is 0 Å². The van der Waals surface area contributed by atoms with Gasteiger partial charge in [0.15, 0.2) is 9.84 Å². The number of carbonyl (C=O) groups is 1. The van der Waals surface area contributed by atoms with Gasteiger partial charge in [0.25, 0.3) is 5.97 Å². The second-order valence-electron chi connectivity index (χ2n) is 6.29. The summed E-state index contributed by atoms with van der Waals surface area (Å²) in [6, 6.07) is 8.28. The zero-order valence-corrected chi connectivity index (χ0v) is 15.8. The highest BCUT2D eigenvalue weighted by Gasteiger charge is 2.44. The number of carbonyl (C=O) groups excluding carboxylic acids is 1. The van der Waals surface area contributed by atoms with Crippen LogP contribution in [0.2, 0.25) is 0 Å². The van der Waals surface area contributed by atoms with Gasteiger partial charge in [-0.15, -0.1) is 0 Å². The van der Waals surface area contributed by atoms with Gasteiger partial charge in [-0.1, -0.05) is 18.2 Å². The van der Waals surface area contributed by atoms with E-state index in [0.29, 0.717) is 19.3 Å². The van der Waals surface area contributed by atoms with Crippen molar-refractivity contribution < 1.29 is 27.4 Å². The maximum atomic E-state index is 13.3. The second kappa shape index (κ2) is 8.40. The molecule has 1 aliphatic carbocycles. The van der Waals surface area contributed by atoms with Gasteiger partial charge in [-0.25, -0.2) is 8.42 Å². The summed E-state index contributed by atoms with van der Waals surface area (Å²) in [6.07, 6.45) is 2.13. The minimum absolute atomic E-state index is 0.00826. The average Bonchev–Trinajstić information content (AvgIpc) is 2.64. The average molecular weight is 370 g/mol. The summed E-state index contributed by atoms with van der Waals surface area (Å²) in [5.41, 5.74) is 0. The first-order valence-corrected chi connectivity index (χ1v) is 9.89. The van der Waals surface area contributed by atoms with Gasteiger partial charge in [-0.3, -0.25) is 4.79 Å². The van der Waals surface area contributed by atoms with E-state index in [1.54, 1.807) is 30.3 Å². The van der Waals surface area contributed by atoms with E-state index < -0.39 is 21.1 Å². The van der Waals surface area contributed by atoms with Crippen molar-refractivity contribution in [2.45, 2.75) is 48.2 Å². The summed E-state index contributed by atoms with van der Waals surface area (Å²) in [7, 11) is 0.544. The van der Waals surface area contributed by atoms with Crippen molar-refractivity contribution >= 4 is 15.6 Å². The van der Waals surface area contributed by atoms with Crippen LogP contribution in [0.5, 0.6) is 0 Å². The molecule has 2 atom stereocenters. The van der Waals surface area contributed by atoms with Crippen molar-refractivity contribution in [1.82, 2.24) is 0 Å². The molecule has 0 heterocycles. The monoisotopic (exact) mass is 370 g/mol. The molecule has 0 amide bonds. The maximum absolute atomic E-state index is 13.3. The fourth-order valence-corrected chi connectivity index (χ4v) is 5.49. The highest BCUT2D eigenvalue weighted by Crippen LogP contribution is 2.37. The molecule has 0 radical (unpaired) electrons. The molecule has 1 fully saturated rings. The lowest BCUT2D eigenvalue weighted by molar-refractivity contribution is -0.355. The lowest BCUT2D eigenvalue weighted by atomic mass is 9.84. The first kappa shape index (κ1) is 20.0. The molecule has 0 aromatic heterocycles. The van der Waals surface area contributed by atoms with Crippen molar-refractivity contribution in [3.8, 4) is 0 Å². The Morgan fingerprint density at radius 1 is 1.12 bits per heavy atom. The van der Waals surface area contributed by atoms with Crippen LogP contribution >= 0.6 is 0 Å². The number of hydrogen-bond donors (Lipinski definition) is 0. The Hall–Kier alpha value is -1.28. The smallest absolute Gasteiger partial charge is 0.283 e. The van der Waals surface area contributed by atoms with Crippen LogP contribution in [-0.4, -0.2) is 46.8 Å². The molecule has 0 N–H and O–H groups in total. The van der Waals surface area contributed by atoms with Gasteiger partial charge in [-0.2, -0.15) is 0 Å². The number of rotatable bonds is 8. The molecule has 1 aromatic rings. The molecule has 7 heteroatoms. The summed E-state index contributed by atoms with van der Waals surface area (Å²) in [6.45, 7) is 0. The zero-order valence-electron chi connectivity index (χ0n) is 14.9. The lowest BCUT2D eigenvalue weighted by Crippen LogP contribution is -2.45. The van der Waals surface area contributed by atoms with Crippen molar-refractivity contribution in [3.05, 3.63) is 30.3 Å². The van der Waals surface area contributed by atoms with Crippen LogP contribution < -0.4 is 0 Å². The quantitative estimate of drug-likeness (QED) is 0.655. The third kappa shape index (κ3) is 4.47. The van der Waals surface area contributed by atoms with Crippen LogP contribution in [0.3, 0.4) is 0 Å². The molecule has 1 aliphatic rings. The fraction of sp³-hybridized carbons (Fsp3) is 0.611. The Bertz CT molecular complexity index is 658. The van der Waals surface area contributed by atoms with E-state index in [-0.39, 0.29) is 29.4 Å². The van der Waals surface area contributed by atoms with E-state index in [1.807, 2.05) is 0 Å². The molecular weight excluding hydrogens is 344 g/mol. The van der Waals surface area contributed by atoms with E-state index >= 15 is 0 Å². The molecule has 6 nitrogen and oxygen atoms in total. The molecule has 2 unspecified atom stereocenters. The number of ketones is 1. The standard InChI is InChI=1S/C18H26O6S/c1-22-18(23-2,24-3)13-17(14-8-7-9-15(19)12-14)25(20,21)16-10-5-4-6-11-16/h4-6,10-11,14,17H,7-9,12-13H2,1-3H3. The number of sulfone groups is 1. The Labute approximate surface area is 149 Å². The number of benzene rings is 1. The molecule has 1 saturated carbocycles. The molecule has 0 bridgehead atoms. The van der Waals surface area contributed by atoms with Crippen LogP contribution in [0.15, 0.2) is 35.2 Å². The largest absolute Gasteiger partial charge is 0.331 e. The summed E-state index contributed by atoms with van der Waals surface area (Å²) < 4.78 is 42.5. The van der Waals surface area contributed by atoms with Gasteiger partial charge in [0.2, 0.25) is 0 Å². The number of ether oxygens (including phenoxy) is 3. The summed E-state index contributed by atoms with van der Waals surface area (Å²) in [4.78, 5) is 12.2. The Morgan fingerprint density at radius 3 is 2.24 bits per heavy atom. The molecule has 140 valence electrons. The highest BCUT2D eigenvalue weighted by molar-refractivity contribution is 7.92. The summed E-state index contributed by atoms with van der Waals surface area (Å²) >= 11 is 0. The van der Waals surface area contributed by atoms with Crippen molar-refractivity contribution in [3.63, 3.8) is 0 Å². The first-order chi connectivity index (χ1) is 11.9. The number of methoxy groups -OCH3 is 3. The fourth-order valence-electron chi connectivity index (χ4n) is 3.44. The second-order valence-corrected chi connectivity index (χ2v) is 8.46. The van der Waals surface area contributed by atoms with Crippen LogP contribution in [0.1, 0.15) is 32.1 Å². The number of hydrogen-bond acceptors (Lipinski definition) is 6. The Balaban J connectivity index is 2.43. The van der Waals surface area contributed by atoms with Crippen LogP contribution in [0, 0.1) is 5.92 Å². The van der Waals surface area contributed by atoms with Crippen LogP contribution in [-0.2, 0) is 28.8 Å². The zero-order chi connectivity index (χ0) is 18.5. The minimum Gasteiger partial charge on any atom is -0.331 e. The van der Waals surface area contributed by atoms with Gasteiger partial charge in [0.05, 0.1) is 10.1 Å². The Kier molecular flexibility index (Phi) is 6.73. The summed E-state index contributed by atoms with van der Waals surface area (Å²) in [5.74, 6) is -1.65. The third-order valence-corrected chi connectivity index (χ3v) is 7.18. The highest BCUT2D eigenvalue weighted by atomic mass is 32.2. The Morgan fingerprint density at radius 2 is 1.72 bits per heavy atom.